The summed E-state index contributed by atoms with van der Waals surface area (Å²) in [6.07, 6.45) is 0. The highest BCUT2D eigenvalue weighted by atomic mass is 35.5. The first-order valence-corrected chi connectivity index (χ1v) is 5.28. The molecule has 0 fully saturated rings. The third kappa shape index (κ3) is 3.24. The molecule has 1 aromatic rings. The van der Waals surface area contributed by atoms with Gasteiger partial charge >= 0.3 is 5.97 Å². The largest absolute Gasteiger partial charge is 0.478 e. The molecule has 0 bridgehead atoms. The zero-order valence-corrected chi connectivity index (χ0v) is 9.49. The van der Waals surface area contributed by atoms with Crippen LogP contribution in [0, 0.1) is 5.92 Å². The number of aromatic carboxylic acids is 1. The van der Waals surface area contributed by atoms with E-state index in [1.165, 1.54) is 12.1 Å². The SMILES string of the molecule is CC(CCl)C(=O)Nc1cccc(C(=O)O)c1. The van der Waals surface area contributed by atoms with Crippen molar-refractivity contribution in [2.45, 2.75) is 6.92 Å². The lowest BCUT2D eigenvalue weighted by Gasteiger charge is -2.09. The number of benzene rings is 1. The fourth-order valence-electron chi connectivity index (χ4n) is 1.07. The molecule has 5 heteroatoms. The van der Waals surface area contributed by atoms with Gasteiger partial charge in [0.1, 0.15) is 0 Å². The lowest BCUT2D eigenvalue weighted by Crippen LogP contribution is -2.21. The Hall–Kier alpha value is -1.55. The number of carbonyl (C=O) groups excluding carboxylic acids is 1. The second-order valence-electron chi connectivity index (χ2n) is 3.43. The summed E-state index contributed by atoms with van der Waals surface area (Å²) in [5.74, 6) is -1.33. The molecule has 0 saturated heterocycles. The van der Waals surface area contributed by atoms with Crippen molar-refractivity contribution in [3.8, 4) is 0 Å². The molecule has 2 N–H and O–H groups in total. The predicted molar refractivity (Wildman–Crippen MR) is 61.9 cm³/mol. The molecule has 1 atom stereocenters. The highest BCUT2D eigenvalue weighted by Gasteiger charge is 2.12. The molecule has 1 amide bonds. The van der Waals surface area contributed by atoms with Gasteiger partial charge in [-0.3, -0.25) is 4.79 Å². The maximum Gasteiger partial charge on any atom is 0.335 e. The quantitative estimate of drug-likeness (QED) is 0.795. The summed E-state index contributed by atoms with van der Waals surface area (Å²) in [6, 6.07) is 6.07. The average molecular weight is 242 g/mol. The Morgan fingerprint density at radius 3 is 2.75 bits per heavy atom. The Balaban J connectivity index is 2.78. The Bertz CT molecular complexity index is 406. The molecule has 0 aliphatic rings. The van der Waals surface area contributed by atoms with Gasteiger partial charge in [-0.2, -0.15) is 0 Å². The van der Waals surface area contributed by atoms with Gasteiger partial charge in [0.05, 0.1) is 5.56 Å². The average Bonchev–Trinajstić information content (AvgIpc) is 2.28. The van der Waals surface area contributed by atoms with Crippen LogP contribution in [-0.2, 0) is 4.79 Å². The van der Waals surface area contributed by atoms with Crippen LogP contribution < -0.4 is 5.32 Å². The predicted octanol–water partition coefficient (Wildman–Crippen LogP) is 2.20. The molecule has 86 valence electrons. The van der Waals surface area contributed by atoms with Gasteiger partial charge in [-0.1, -0.05) is 13.0 Å². The number of halogens is 1. The van der Waals surface area contributed by atoms with Crippen molar-refractivity contribution in [2.75, 3.05) is 11.2 Å². The standard InChI is InChI=1S/C11H12ClNO3/c1-7(6-12)10(14)13-9-4-2-3-8(5-9)11(15)16/h2-5,7H,6H2,1H3,(H,13,14)(H,15,16). The minimum atomic E-state index is -1.03. The van der Waals surface area contributed by atoms with Gasteiger partial charge in [0.2, 0.25) is 5.91 Å². The number of alkyl halides is 1. The minimum Gasteiger partial charge on any atom is -0.478 e. The summed E-state index contributed by atoms with van der Waals surface area (Å²) in [5.41, 5.74) is 0.596. The lowest BCUT2D eigenvalue weighted by atomic mass is 10.1. The van der Waals surface area contributed by atoms with E-state index in [0.717, 1.165) is 0 Å². The van der Waals surface area contributed by atoms with E-state index in [-0.39, 0.29) is 23.3 Å². The van der Waals surface area contributed by atoms with Gasteiger partial charge in [0.25, 0.3) is 0 Å². The van der Waals surface area contributed by atoms with E-state index in [0.29, 0.717) is 5.69 Å². The van der Waals surface area contributed by atoms with Crippen LogP contribution >= 0.6 is 11.6 Å². The van der Waals surface area contributed by atoms with Crippen LogP contribution in [-0.4, -0.2) is 22.9 Å². The Morgan fingerprint density at radius 1 is 1.50 bits per heavy atom. The molecule has 0 aromatic heterocycles. The van der Waals surface area contributed by atoms with E-state index < -0.39 is 5.97 Å². The molecule has 0 radical (unpaired) electrons. The number of hydrogen-bond acceptors (Lipinski definition) is 2. The lowest BCUT2D eigenvalue weighted by molar-refractivity contribution is -0.118. The van der Waals surface area contributed by atoms with Crippen LogP contribution in [0.15, 0.2) is 24.3 Å². The van der Waals surface area contributed by atoms with Gasteiger partial charge in [-0.05, 0) is 18.2 Å². The highest BCUT2D eigenvalue weighted by Crippen LogP contribution is 2.12. The molecule has 0 aliphatic heterocycles. The Labute approximate surface area is 98.2 Å². The summed E-state index contributed by atoms with van der Waals surface area (Å²) in [4.78, 5) is 22.2. The Morgan fingerprint density at radius 2 is 2.19 bits per heavy atom. The normalized spacial score (nSPS) is 11.9. The van der Waals surface area contributed by atoms with Crippen molar-refractivity contribution in [3.63, 3.8) is 0 Å². The minimum absolute atomic E-state index is 0.135. The summed E-state index contributed by atoms with van der Waals surface area (Å²) >= 11 is 5.54. The second kappa shape index (κ2) is 5.51. The third-order valence-electron chi connectivity index (χ3n) is 2.06. The van der Waals surface area contributed by atoms with Gasteiger partial charge in [0, 0.05) is 17.5 Å². The van der Waals surface area contributed by atoms with Crippen LogP contribution in [0.3, 0.4) is 0 Å². The molecule has 0 spiro atoms. The van der Waals surface area contributed by atoms with Crippen LogP contribution in [0.4, 0.5) is 5.69 Å². The zero-order valence-electron chi connectivity index (χ0n) is 8.74. The molecule has 0 heterocycles. The number of carbonyl (C=O) groups is 2. The molecule has 16 heavy (non-hydrogen) atoms. The van der Waals surface area contributed by atoms with Gasteiger partial charge in [0.15, 0.2) is 0 Å². The van der Waals surface area contributed by atoms with Gasteiger partial charge in [-0.15, -0.1) is 11.6 Å². The maximum atomic E-state index is 11.5. The molecule has 4 nitrogen and oxygen atoms in total. The zero-order chi connectivity index (χ0) is 12.1. The van der Waals surface area contributed by atoms with Gasteiger partial charge < -0.3 is 10.4 Å². The van der Waals surface area contributed by atoms with Crippen molar-refractivity contribution in [3.05, 3.63) is 29.8 Å². The molecule has 1 unspecified atom stereocenters. The van der Waals surface area contributed by atoms with Crippen LogP contribution in [0.1, 0.15) is 17.3 Å². The first-order chi connectivity index (χ1) is 7.54. The van der Waals surface area contributed by atoms with Crippen molar-refractivity contribution < 1.29 is 14.7 Å². The molecular weight excluding hydrogens is 230 g/mol. The number of nitrogens with one attached hydrogen (secondary N) is 1. The monoisotopic (exact) mass is 241 g/mol. The first-order valence-electron chi connectivity index (χ1n) is 4.74. The van der Waals surface area contributed by atoms with Crippen molar-refractivity contribution in [1.82, 2.24) is 0 Å². The van der Waals surface area contributed by atoms with E-state index in [1.807, 2.05) is 0 Å². The van der Waals surface area contributed by atoms with E-state index in [4.69, 9.17) is 16.7 Å². The van der Waals surface area contributed by atoms with E-state index in [1.54, 1.807) is 19.1 Å². The smallest absolute Gasteiger partial charge is 0.335 e. The number of hydrogen-bond donors (Lipinski definition) is 2. The fraction of sp³-hybridized carbons (Fsp3) is 0.273. The highest BCUT2D eigenvalue weighted by molar-refractivity contribution is 6.19. The molecule has 0 saturated carbocycles. The summed E-state index contributed by atoms with van der Waals surface area (Å²) < 4.78 is 0. The summed E-state index contributed by atoms with van der Waals surface area (Å²) in [6.45, 7) is 1.70. The maximum absolute atomic E-state index is 11.5. The topological polar surface area (TPSA) is 66.4 Å². The number of amides is 1. The van der Waals surface area contributed by atoms with Crippen LogP contribution in [0.25, 0.3) is 0 Å². The third-order valence-corrected chi connectivity index (χ3v) is 2.52. The van der Waals surface area contributed by atoms with E-state index in [2.05, 4.69) is 5.32 Å². The second-order valence-corrected chi connectivity index (χ2v) is 3.74. The van der Waals surface area contributed by atoms with Crippen LogP contribution in [0.5, 0.6) is 0 Å². The number of carboxylic acid groups (broad SMARTS) is 1. The van der Waals surface area contributed by atoms with E-state index in [9.17, 15) is 9.59 Å². The first kappa shape index (κ1) is 12.5. The summed E-state index contributed by atoms with van der Waals surface area (Å²) in [7, 11) is 0. The van der Waals surface area contributed by atoms with Gasteiger partial charge in [-0.25, -0.2) is 4.79 Å². The number of carboxylic acids is 1. The van der Waals surface area contributed by atoms with E-state index >= 15 is 0 Å². The summed E-state index contributed by atoms with van der Waals surface area (Å²) in [5, 5.41) is 11.4. The number of rotatable bonds is 4. The number of anilines is 1. The van der Waals surface area contributed by atoms with Crippen molar-refractivity contribution in [2.24, 2.45) is 5.92 Å². The van der Waals surface area contributed by atoms with Crippen LogP contribution in [0.2, 0.25) is 0 Å². The fourth-order valence-corrected chi connectivity index (χ4v) is 1.21. The molecule has 0 aliphatic carbocycles. The molecule has 1 rings (SSSR count). The van der Waals surface area contributed by atoms with Crippen molar-refractivity contribution in [1.29, 1.82) is 0 Å². The molecule has 1 aromatic carbocycles. The molecular formula is C11H12ClNO3. The Kier molecular flexibility index (Phi) is 4.31. The van der Waals surface area contributed by atoms with Crippen molar-refractivity contribution >= 4 is 29.2 Å².